The lowest BCUT2D eigenvalue weighted by Gasteiger charge is -2.15. The van der Waals surface area contributed by atoms with Crippen LogP contribution in [0.3, 0.4) is 0 Å². The average molecular weight is 282 g/mol. The van der Waals surface area contributed by atoms with Gasteiger partial charge in [-0.25, -0.2) is 4.79 Å². The third-order valence-electron chi connectivity index (χ3n) is 3.30. The van der Waals surface area contributed by atoms with E-state index in [1.807, 2.05) is 13.0 Å². The Morgan fingerprint density at radius 3 is 2.89 bits per heavy atom. The Morgan fingerprint density at radius 1 is 1.63 bits per heavy atom. The van der Waals surface area contributed by atoms with Crippen LogP contribution >= 0.6 is 11.3 Å². The Morgan fingerprint density at radius 2 is 2.37 bits per heavy atom. The van der Waals surface area contributed by atoms with Crippen LogP contribution in [0.5, 0.6) is 0 Å². The van der Waals surface area contributed by atoms with Gasteiger partial charge in [-0.15, -0.1) is 11.3 Å². The number of aryl methyl sites for hydroxylation is 1. The zero-order valence-corrected chi connectivity index (χ0v) is 12.0. The molecule has 19 heavy (non-hydrogen) atoms. The van der Waals surface area contributed by atoms with Crippen LogP contribution in [-0.4, -0.2) is 32.1 Å². The Balaban J connectivity index is 2.35. The molecule has 1 amide bonds. The second-order valence-electron chi connectivity index (χ2n) is 4.59. The van der Waals surface area contributed by atoms with E-state index in [9.17, 15) is 9.59 Å². The number of methoxy groups -OCH3 is 1. The molecule has 2 N–H and O–H groups in total. The molecule has 0 radical (unpaired) electrons. The van der Waals surface area contributed by atoms with E-state index in [-0.39, 0.29) is 11.8 Å². The molecule has 6 heteroatoms. The highest BCUT2D eigenvalue weighted by atomic mass is 32.1. The first kappa shape index (κ1) is 14.0. The monoisotopic (exact) mass is 282 g/mol. The summed E-state index contributed by atoms with van der Waals surface area (Å²) >= 11 is 1.48. The molecule has 0 saturated carbocycles. The molecule has 1 fully saturated rings. The Labute approximate surface area is 116 Å². The third kappa shape index (κ3) is 2.64. The predicted molar refractivity (Wildman–Crippen MR) is 74.6 cm³/mol. The Kier molecular flexibility index (Phi) is 4.21. The van der Waals surface area contributed by atoms with Crippen molar-refractivity contribution < 1.29 is 14.3 Å². The molecule has 2 rings (SSSR count). The lowest BCUT2D eigenvalue weighted by molar-refractivity contribution is -0.117. The van der Waals surface area contributed by atoms with E-state index in [0.29, 0.717) is 30.1 Å². The number of nitrogens with zero attached hydrogens (tertiary/aromatic N) is 1. The van der Waals surface area contributed by atoms with E-state index >= 15 is 0 Å². The van der Waals surface area contributed by atoms with Crippen molar-refractivity contribution >= 4 is 28.2 Å². The van der Waals surface area contributed by atoms with Crippen LogP contribution in [0.2, 0.25) is 0 Å². The number of anilines is 1. The molecule has 2 heterocycles. The fraction of sp³-hybridized carbons (Fsp3) is 0.538. The number of nitrogens with two attached hydrogens (primary N) is 1. The maximum atomic E-state index is 12.0. The van der Waals surface area contributed by atoms with Crippen molar-refractivity contribution in [3.05, 3.63) is 16.5 Å². The second-order valence-corrected chi connectivity index (χ2v) is 5.70. The van der Waals surface area contributed by atoms with E-state index in [2.05, 4.69) is 0 Å². The molecule has 1 atom stereocenters. The van der Waals surface area contributed by atoms with Crippen LogP contribution in [0.25, 0.3) is 0 Å². The number of rotatable bonds is 4. The molecule has 0 aliphatic carbocycles. The molecular formula is C13H18N2O3S. The quantitative estimate of drug-likeness (QED) is 0.847. The van der Waals surface area contributed by atoms with Gasteiger partial charge in [-0.2, -0.15) is 0 Å². The highest BCUT2D eigenvalue weighted by Gasteiger charge is 2.33. The molecular weight excluding hydrogens is 264 g/mol. The van der Waals surface area contributed by atoms with Crippen molar-refractivity contribution in [1.29, 1.82) is 0 Å². The van der Waals surface area contributed by atoms with E-state index in [4.69, 9.17) is 10.5 Å². The van der Waals surface area contributed by atoms with Crippen molar-refractivity contribution in [2.24, 2.45) is 11.7 Å². The maximum Gasteiger partial charge on any atom is 0.340 e. The van der Waals surface area contributed by atoms with Crippen LogP contribution < -0.4 is 10.6 Å². The Bertz CT molecular complexity index is 498. The van der Waals surface area contributed by atoms with Crippen LogP contribution in [0.15, 0.2) is 6.07 Å². The number of thiophene rings is 1. The van der Waals surface area contributed by atoms with Gasteiger partial charge in [0.25, 0.3) is 0 Å². The minimum atomic E-state index is -0.394. The standard InChI is InChI=1S/C13H18N2O3S/c1-3-9-5-10(13(17)18-2)12(19-9)15-7-8(6-14)4-11(15)16/h5,8H,3-4,6-7,14H2,1-2H3. The first-order chi connectivity index (χ1) is 9.10. The van der Waals surface area contributed by atoms with E-state index in [1.165, 1.54) is 18.4 Å². The molecule has 1 aromatic rings. The summed E-state index contributed by atoms with van der Waals surface area (Å²) in [4.78, 5) is 26.6. The summed E-state index contributed by atoms with van der Waals surface area (Å²) in [5, 5.41) is 0.699. The lowest BCUT2D eigenvalue weighted by atomic mass is 10.1. The van der Waals surface area contributed by atoms with Crippen LogP contribution in [0.1, 0.15) is 28.6 Å². The van der Waals surface area contributed by atoms with Gasteiger partial charge in [0.2, 0.25) is 5.91 Å². The van der Waals surface area contributed by atoms with E-state index < -0.39 is 5.97 Å². The average Bonchev–Trinajstić information content (AvgIpc) is 3.00. The van der Waals surface area contributed by atoms with Crippen LogP contribution in [-0.2, 0) is 16.0 Å². The SMILES string of the molecule is CCc1cc(C(=O)OC)c(N2CC(CN)CC2=O)s1. The molecule has 0 spiro atoms. The number of hydrogen-bond acceptors (Lipinski definition) is 5. The fourth-order valence-electron chi connectivity index (χ4n) is 2.20. The zero-order chi connectivity index (χ0) is 14.0. The van der Waals surface area contributed by atoms with E-state index in [0.717, 1.165) is 11.3 Å². The number of ether oxygens (including phenoxy) is 1. The van der Waals surface area contributed by atoms with Gasteiger partial charge < -0.3 is 15.4 Å². The van der Waals surface area contributed by atoms with Gasteiger partial charge in [0, 0.05) is 17.8 Å². The molecule has 1 aromatic heterocycles. The van der Waals surface area contributed by atoms with Crippen LogP contribution in [0, 0.1) is 5.92 Å². The highest BCUT2D eigenvalue weighted by Crippen LogP contribution is 2.36. The fourth-order valence-corrected chi connectivity index (χ4v) is 3.31. The van der Waals surface area contributed by atoms with Gasteiger partial charge in [0.15, 0.2) is 0 Å². The molecule has 1 aliphatic heterocycles. The van der Waals surface area contributed by atoms with Gasteiger partial charge in [0.1, 0.15) is 5.00 Å². The second kappa shape index (κ2) is 5.71. The number of carbonyl (C=O) groups is 2. The molecule has 104 valence electrons. The molecule has 5 nitrogen and oxygen atoms in total. The van der Waals surface area contributed by atoms with Crippen molar-refractivity contribution in [2.75, 3.05) is 25.1 Å². The summed E-state index contributed by atoms with van der Waals surface area (Å²) in [5.74, 6) is -0.190. The van der Waals surface area contributed by atoms with Crippen molar-refractivity contribution in [1.82, 2.24) is 0 Å². The summed E-state index contributed by atoms with van der Waals surface area (Å²) in [6.45, 7) is 3.09. The van der Waals surface area contributed by atoms with Gasteiger partial charge in [-0.3, -0.25) is 4.79 Å². The first-order valence-electron chi connectivity index (χ1n) is 6.32. The summed E-state index contributed by atoms with van der Waals surface area (Å²) in [5.41, 5.74) is 6.11. The number of hydrogen-bond donors (Lipinski definition) is 1. The maximum absolute atomic E-state index is 12.0. The normalized spacial score (nSPS) is 19.0. The van der Waals surface area contributed by atoms with Crippen molar-refractivity contribution in [3.63, 3.8) is 0 Å². The minimum absolute atomic E-state index is 0.0325. The largest absolute Gasteiger partial charge is 0.465 e. The Hall–Kier alpha value is -1.40. The molecule has 0 bridgehead atoms. The van der Waals surface area contributed by atoms with E-state index in [1.54, 1.807) is 4.90 Å². The van der Waals surface area contributed by atoms with Gasteiger partial charge >= 0.3 is 5.97 Å². The summed E-state index contributed by atoms with van der Waals surface area (Å²) in [6, 6.07) is 1.81. The molecule has 1 unspecified atom stereocenters. The molecule has 0 aromatic carbocycles. The third-order valence-corrected chi connectivity index (χ3v) is 4.60. The number of carbonyl (C=O) groups excluding carboxylic acids is 2. The van der Waals surface area contributed by atoms with Gasteiger partial charge in [-0.05, 0) is 24.9 Å². The predicted octanol–water partition coefficient (Wildman–Crippen LogP) is 1.41. The minimum Gasteiger partial charge on any atom is -0.465 e. The van der Waals surface area contributed by atoms with Crippen molar-refractivity contribution in [3.8, 4) is 0 Å². The zero-order valence-electron chi connectivity index (χ0n) is 11.1. The highest BCUT2D eigenvalue weighted by molar-refractivity contribution is 7.16. The molecule has 1 aliphatic rings. The summed E-state index contributed by atoms with van der Waals surface area (Å²) in [7, 11) is 1.35. The first-order valence-corrected chi connectivity index (χ1v) is 7.13. The van der Waals surface area contributed by atoms with Gasteiger partial charge in [-0.1, -0.05) is 6.92 Å². The summed E-state index contributed by atoms with van der Waals surface area (Å²) in [6.07, 6.45) is 1.29. The number of esters is 1. The smallest absolute Gasteiger partial charge is 0.340 e. The van der Waals surface area contributed by atoms with Crippen LogP contribution in [0.4, 0.5) is 5.00 Å². The topological polar surface area (TPSA) is 72.6 Å². The number of amides is 1. The van der Waals surface area contributed by atoms with Gasteiger partial charge in [0.05, 0.1) is 12.7 Å². The van der Waals surface area contributed by atoms with Crippen molar-refractivity contribution in [2.45, 2.75) is 19.8 Å². The lowest BCUT2D eigenvalue weighted by Crippen LogP contribution is -2.26. The summed E-state index contributed by atoms with van der Waals surface area (Å²) < 4.78 is 4.79. The molecule has 1 saturated heterocycles.